The van der Waals surface area contributed by atoms with Crippen molar-refractivity contribution in [3.8, 4) is 0 Å². The number of hydrogen-bond donors (Lipinski definition) is 1. The van der Waals surface area contributed by atoms with Crippen LogP contribution in [0, 0.1) is 0 Å². The van der Waals surface area contributed by atoms with Crippen LogP contribution in [-0.4, -0.2) is 40.5 Å². The quantitative estimate of drug-likeness (QED) is 0.763. The van der Waals surface area contributed by atoms with E-state index in [2.05, 4.69) is 20.2 Å². The Labute approximate surface area is 96.1 Å². The molecule has 2 saturated heterocycles. The Morgan fingerprint density at radius 1 is 1.25 bits per heavy atom. The van der Waals surface area contributed by atoms with Crippen molar-refractivity contribution in [3.63, 3.8) is 0 Å². The normalized spacial score (nSPS) is 31.0. The lowest BCUT2D eigenvalue weighted by atomic mass is 9.98. The SMILES string of the molecule is c1cnc([C@@H]2CN3CCCC[C@H]3CN2)nc1. The topological polar surface area (TPSA) is 41.1 Å². The summed E-state index contributed by atoms with van der Waals surface area (Å²) in [6, 6.07) is 2.93. The summed E-state index contributed by atoms with van der Waals surface area (Å²) in [7, 11) is 0. The van der Waals surface area contributed by atoms with Gasteiger partial charge < -0.3 is 5.32 Å². The lowest BCUT2D eigenvalue weighted by Gasteiger charge is -2.42. The van der Waals surface area contributed by atoms with Crippen LogP contribution in [0.2, 0.25) is 0 Å². The molecule has 16 heavy (non-hydrogen) atoms. The first-order chi connectivity index (χ1) is 7.93. The Morgan fingerprint density at radius 3 is 3.00 bits per heavy atom. The van der Waals surface area contributed by atoms with Crippen molar-refractivity contribution >= 4 is 0 Å². The lowest BCUT2D eigenvalue weighted by molar-refractivity contribution is 0.0928. The van der Waals surface area contributed by atoms with Crippen LogP contribution in [0.4, 0.5) is 0 Å². The first kappa shape index (κ1) is 10.2. The van der Waals surface area contributed by atoms with Gasteiger partial charge in [-0.05, 0) is 25.5 Å². The van der Waals surface area contributed by atoms with Gasteiger partial charge >= 0.3 is 0 Å². The molecule has 3 rings (SSSR count). The maximum absolute atomic E-state index is 4.34. The highest BCUT2D eigenvalue weighted by Gasteiger charge is 2.31. The molecule has 0 aromatic carbocycles. The highest BCUT2D eigenvalue weighted by Crippen LogP contribution is 2.23. The first-order valence-corrected chi connectivity index (χ1v) is 6.18. The summed E-state index contributed by atoms with van der Waals surface area (Å²) in [4.78, 5) is 11.3. The first-order valence-electron chi connectivity index (χ1n) is 6.18. The van der Waals surface area contributed by atoms with Gasteiger partial charge in [-0.3, -0.25) is 4.90 Å². The van der Waals surface area contributed by atoms with Crippen molar-refractivity contribution in [1.29, 1.82) is 0 Å². The van der Waals surface area contributed by atoms with Crippen LogP contribution >= 0.6 is 0 Å². The molecule has 1 aromatic heterocycles. The second-order valence-electron chi connectivity index (χ2n) is 4.71. The van der Waals surface area contributed by atoms with Crippen LogP contribution < -0.4 is 5.32 Å². The molecule has 1 aromatic rings. The zero-order valence-corrected chi connectivity index (χ0v) is 9.47. The summed E-state index contributed by atoms with van der Waals surface area (Å²) in [5.41, 5.74) is 0. The number of piperidine rings is 1. The molecule has 2 aliphatic heterocycles. The van der Waals surface area contributed by atoms with Gasteiger partial charge in [0.05, 0.1) is 6.04 Å². The Balaban J connectivity index is 1.71. The third-order valence-electron chi connectivity index (χ3n) is 3.66. The van der Waals surface area contributed by atoms with E-state index in [1.807, 2.05) is 18.5 Å². The number of fused-ring (bicyclic) bond motifs is 1. The van der Waals surface area contributed by atoms with Crippen molar-refractivity contribution in [2.24, 2.45) is 0 Å². The Morgan fingerprint density at radius 2 is 2.12 bits per heavy atom. The zero-order chi connectivity index (χ0) is 10.8. The highest BCUT2D eigenvalue weighted by atomic mass is 15.2. The maximum Gasteiger partial charge on any atom is 0.146 e. The molecule has 86 valence electrons. The molecule has 1 N–H and O–H groups in total. The van der Waals surface area contributed by atoms with Gasteiger partial charge in [0.1, 0.15) is 5.82 Å². The molecule has 2 aliphatic rings. The number of piperazine rings is 1. The van der Waals surface area contributed by atoms with E-state index in [0.717, 1.165) is 25.0 Å². The van der Waals surface area contributed by atoms with Crippen LogP contribution in [0.3, 0.4) is 0 Å². The van der Waals surface area contributed by atoms with Crippen LogP contribution in [0.5, 0.6) is 0 Å². The van der Waals surface area contributed by atoms with E-state index in [-0.39, 0.29) is 0 Å². The van der Waals surface area contributed by atoms with Gasteiger partial charge in [-0.2, -0.15) is 0 Å². The zero-order valence-electron chi connectivity index (χ0n) is 9.47. The molecule has 0 aliphatic carbocycles. The van der Waals surface area contributed by atoms with E-state index in [9.17, 15) is 0 Å². The number of rotatable bonds is 1. The van der Waals surface area contributed by atoms with Crippen LogP contribution in [0.25, 0.3) is 0 Å². The van der Waals surface area contributed by atoms with Crippen molar-refractivity contribution in [2.75, 3.05) is 19.6 Å². The highest BCUT2D eigenvalue weighted by molar-refractivity contribution is 5.01. The van der Waals surface area contributed by atoms with Crippen LogP contribution in [0.15, 0.2) is 18.5 Å². The predicted octanol–water partition coefficient (Wildman–Crippen LogP) is 0.975. The molecule has 2 fully saturated rings. The molecule has 0 unspecified atom stereocenters. The van der Waals surface area contributed by atoms with Crippen LogP contribution in [-0.2, 0) is 0 Å². The Hall–Kier alpha value is -1.00. The molecular weight excluding hydrogens is 200 g/mol. The number of nitrogens with zero attached hydrogens (tertiary/aromatic N) is 3. The molecular formula is C12H18N4. The third-order valence-corrected chi connectivity index (χ3v) is 3.66. The number of nitrogens with one attached hydrogen (secondary N) is 1. The van der Waals surface area contributed by atoms with Crippen LogP contribution in [0.1, 0.15) is 31.1 Å². The lowest BCUT2D eigenvalue weighted by Crippen LogP contribution is -2.54. The van der Waals surface area contributed by atoms with Gasteiger partial charge in [-0.1, -0.05) is 6.42 Å². The van der Waals surface area contributed by atoms with E-state index in [1.54, 1.807) is 0 Å². The average Bonchev–Trinajstić information content (AvgIpc) is 2.39. The fraction of sp³-hybridized carbons (Fsp3) is 0.667. The molecule has 3 heterocycles. The molecule has 4 nitrogen and oxygen atoms in total. The van der Waals surface area contributed by atoms with Crippen molar-refractivity contribution in [2.45, 2.75) is 31.3 Å². The predicted molar refractivity (Wildman–Crippen MR) is 62.0 cm³/mol. The molecule has 0 saturated carbocycles. The van der Waals surface area contributed by atoms with Crippen molar-refractivity contribution in [1.82, 2.24) is 20.2 Å². The summed E-state index contributed by atoms with van der Waals surface area (Å²) in [6.45, 7) is 3.40. The summed E-state index contributed by atoms with van der Waals surface area (Å²) in [5, 5.41) is 3.57. The number of hydrogen-bond acceptors (Lipinski definition) is 4. The second-order valence-corrected chi connectivity index (χ2v) is 4.71. The summed E-state index contributed by atoms with van der Waals surface area (Å²) >= 11 is 0. The third kappa shape index (κ3) is 1.95. The van der Waals surface area contributed by atoms with Crippen molar-refractivity contribution in [3.05, 3.63) is 24.3 Å². The molecule has 0 spiro atoms. The van der Waals surface area contributed by atoms with E-state index in [4.69, 9.17) is 0 Å². The second kappa shape index (κ2) is 4.47. The summed E-state index contributed by atoms with van der Waals surface area (Å²) in [6.07, 6.45) is 7.72. The van der Waals surface area contributed by atoms with Gasteiger partial charge in [0.15, 0.2) is 0 Å². The minimum absolute atomic E-state index is 0.315. The monoisotopic (exact) mass is 218 g/mol. The smallest absolute Gasteiger partial charge is 0.146 e. The molecule has 2 atom stereocenters. The standard InChI is InChI=1S/C12H18N4/c1-2-7-16-9-11(15-8-10(16)4-1)12-13-5-3-6-14-12/h3,5-6,10-11,15H,1-2,4,7-9H2/t10-,11-/m0/s1. The summed E-state index contributed by atoms with van der Waals surface area (Å²) in [5.74, 6) is 0.937. The molecule has 0 bridgehead atoms. The average molecular weight is 218 g/mol. The number of aromatic nitrogens is 2. The van der Waals surface area contributed by atoms with Gasteiger partial charge in [-0.15, -0.1) is 0 Å². The Bertz CT molecular complexity index is 340. The summed E-state index contributed by atoms with van der Waals surface area (Å²) < 4.78 is 0. The fourth-order valence-electron chi connectivity index (χ4n) is 2.77. The van der Waals surface area contributed by atoms with E-state index < -0.39 is 0 Å². The minimum atomic E-state index is 0.315. The van der Waals surface area contributed by atoms with E-state index >= 15 is 0 Å². The maximum atomic E-state index is 4.34. The van der Waals surface area contributed by atoms with Gasteiger partial charge in [0.2, 0.25) is 0 Å². The minimum Gasteiger partial charge on any atom is -0.305 e. The van der Waals surface area contributed by atoms with Gasteiger partial charge in [-0.25, -0.2) is 9.97 Å². The molecule has 4 heteroatoms. The van der Waals surface area contributed by atoms with E-state index in [1.165, 1.54) is 25.8 Å². The largest absolute Gasteiger partial charge is 0.305 e. The van der Waals surface area contributed by atoms with E-state index in [0.29, 0.717) is 6.04 Å². The molecule has 0 amide bonds. The fourth-order valence-corrected chi connectivity index (χ4v) is 2.77. The van der Waals surface area contributed by atoms with Crippen molar-refractivity contribution < 1.29 is 0 Å². The van der Waals surface area contributed by atoms with Gasteiger partial charge in [0.25, 0.3) is 0 Å². The Kier molecular flexibility index (Phi) is 2.84. The van der Waals surface area contributed by atoms with Gasteiger partial charge in [0, 0.05) is 31.5 Å². The molecule has 0 radical (unpaired) electrons.